The summed E-state index contributed by atoms with van der Waals surface area (Å²) in [6.07, 6.45) is 0. The van der Waals surface area contributed by atoms with Gasteiger partial charge in [-0.25, -0.2) is 0 Å². The van der Waals surface area contributed by atoms with E-state index in [1.807, 2.05) is 0 Å². The molecule has 58 heavy (non-hydrogen) atoms. The fourth-order valence-corrected chi connectivity index (χ4v) is 9.82. The molecule has 0 aliphatic carbocycles. The molecule has 0 saturated carbocycles. The van der Waals surface area contributed by atoms with Crippen molar-refractivity contribution in [3.05, 3.63) is 218 Å². The van der Waals surface area contributed by atoms with Crippen LogP contribution in [0.25, 0.3) is 120 Å². The molecule has 0 N–H and O–H groups in total. The molecule has 0 unspecified atom stereocenters. The summed E-state index contributed by atoms with van der Waals surface area (Å²) in [5, 5.41) is 17.6. The Morgan fingerprint density at radius 1 is 0.172 bits per heavy atom. The summed E-state index contributed by atoms with van der Waals surface area (Å²) in [6.45, 7) is 0. The van der Waals surface area contributed by atoms with E-state index in [4.69, 9.17) is 0 Å². The summed E-state index contributed by atoms with van der Waals surface area (Å²) in [7, 11) is 0. The van der Waals surface area contributed by atoms with Gasteiger partial charge in [0, 0.05) is 0 Å². The normalized spacial score (nSPS) is 11.8. The molecule has 0 aliphatic heterocycles. The lowest BCUT2D eigenvalue weighted by Gasteiger charge is -2.21. The molecule has 12 rings (SSSR count). The van der Waals surface area contributed by atoms with E-state index in [9.17, 15) is 0 Å². The van der Waals surface area contributed by atoms with Crippen LogP contribution in [0, 0.1) is 0 Å². The van der Waals surface area contributed by atoms with Gasteiger partial charge in [0.05, 0.1) is 0 Å². The predicted octanol–water partition coefficient (Wildman–Crippen LogP) is 16.4. The minimum absolute atomic E-state index is 1.21. The molecule has 268 valence electrons. The van der Waals surface area contributed by atoms with Crippen molar-refractivity contribution in [2.24, 2.45) is 0 Å². The van der Waals surface area contributed by atoms with Gasteiger partial charge in [-0.3, -0.25) is 0 Å². The fraction of sp³-hybridized carbons (Fsp3) is 0. The Morgan fingerprint density at radius 3 is 1.03 bits per heavy atom. The van der Waals surface area contributed by atoms with Crippen LogP contribution in [0.4, 0.5) is 0 Å². The number of fused-ring (bicyclic) bond motifs is 7. The van der Waals surface area contributed by atoms with Crippen LogP contribution in [0.5, 0.6) is 0 Å². The Balaban J connectivity index is 1.21. The summed E-state index contributed by atoms with van der Waals surface area (Å²) >= 11 is 0. The zero-order valence-electron chi connectivity index (χ0n) is 31.8. The van der Waals surface area contributed by atoms with E-state index >= 15 is 0 Å². The van der Waals surface area contributed by atoms with Gasteiger partial charge in [-0.05, 0) is 138 Å². The maximum atomic E-state index is 2.49. The molecule has 0 heterocycles. The van der Waals surface area contributed by atoms with Gasteiger partial charge in [0.1, 0.15) is 0 Å². The fourth-order valence-electron chi connectivity index (χ4n) is 9.82. The first-order chi connectivity index (χ1) is 28.8. The Kier molecular flexibility index (Phi) is 7.33. The van der Waals surface area contributed by atoms with E-state index in [1.165, 1.54) is 120 Å². The number of rotatable bonds is 4. The first-order valence-electron chi connectivity index (χ1n) is 20.2. The SMILES string of the molecule is c1ccc2cc(-c3c4ccccc4c(-c4ccc5ccccc5c4)c4cc(-c5c6ccccc6c(-c6cccc7ccccc67)c6ccccc56)ccc34)ccc2c1. The molecular formula is C58H36. The van der Waals surface area contributed by atoms with Crippen LogP contribution in [-0.4, -0.2) is 0 Å². The Bertz CT molecular complexity index is 3560. The van der Waals surface area contributed by atoms with Crippen LogP contribution < -0.4 is 0 Å². The summed E-state index contributed by atoms with van der Waals surface area (Å²) in [4.78, 5) is 0. The van der Waals surface area contributed by atoms with Gasteiger partial charge in [0.2, 0.25) is 0 Å². The molecule has 0 saturated heterocycles. The van der Waals surface area contributed by atoms with Crippen LogP contribution in [0.15, 0.2) is 218 Å². The average Bonchev–Trinajstić information content (AvgIpc) is 3.29. The minimum atomic E-state index is 1.21. The average molecular weight is 733 g/mol. The molecule has 0 fully saturated rings. The molecule has 0 aromatic heterocycles. The molecule has 12 aromatic carbocycles. The zero-order valence-corrected chi connectivity index (χ0v) is 31.8. The van der Waals surface area contributed by atoms with Crippen molar-refractivity contribution < 1.29 is 0 Å². The van der Waals surface area contributed by atoms with Gasteiger partial charge < -0.3 is 0 Å². The standard InChI is InChI=1S/C58H36/c1-3-17-40-34-42(30-28-37(40)14-1)55-47-21-7-8-22-48(47)57(43-31-29-38-15-2-4-18-41(38)35-43)54-36-44(32-33-53(54)55)56-49-23-9-11-25-51(49)58(52-26-12-10-24-50(52)56)46-27-13-19-39-16-5-6-20-45(39)46/h1-36H. The van der Waals surface area contributed by atoms with Gasteiger partial charge in [0.15, 0.2) is 0 Å². The quantitative estimate of drug-likeness (QED) is 0.158. The van der Waals surface area contributed by atoms with E-state index in [0.29, 0.717) is 0 Å². The first-order valence-corrected chi connectivity index (χ1v) is 20.2. The van der Waals surface area contributed by atoms with Crippen LogP contribution in [0.2, 0.25) is 0 Å². The van der Waals surface area contributed by atoms with E-state index in [-0.39, 0.29) is 0 Å². The second-order valence-electron chi connectivity index (χ2n) is 15.5. The highest BCUT2D eigenvalue weighted by Crippen LogP contribution is 2.49. The lowest BCUT2D eigenvalue weighted by molar-refractivity contribution is 1.66. The second kappa shape index (κ2) is 13.0. The van der Waals surface area contributed by atoms with Crippen LogP contribution in [0.3, 0.4) is 0 Å². The number of benzene rings is 12. The van der Waals surface area contributed by atoms with Crippen molar-refractivity contribution in [1.29, 1.82) is 0 Å². The third-order valence-electron chi connectivity index (χ3n) is 12.4. The van der Waals surface area contributed by atoms with Gasteiger partial charge in [0.25, 0.3) is 0 Å². The maximum Gasteiger partial charge on any atom is -0.00201 e. The van der Waals surface area contributed by atoms with Crippen molar-refractivity contribution in [1.82, 2.24) is 0 Å². The zero-order chi connectivity index (χ0) is 38.2. The molecule has 0 amide bonds. The van der Waals surface area contributed by atoms with E-state index in [2.05, 4.69) is 218 Å². The van der Waals surface area contributed by atoms with Gasteiger partial charge in [-0.15, -0.1) is 0 Å². The summed E-state index contributed by atoms with van der Waals surface area (Å²) < 4.78 is 0. The smallest absolute Gasteiger partial charge is 0.00201 e. The molecule has 0 atom stereocenters. The molecule has 12 aromatic rings. The number of hydrogen-bond acceptors (Lipinski definition) is 0. The van der Waals surface area contributed by atoms with E-state index in [0.717, 1.165) is 0 Å². The predicted molar refractivity (Wildman–Crippen MR) is 251 cm³/mol. The maximum absolute atomic E-state index is 2.49. The Labute approximate surface area is 336 Å². The lowest BCUT2D eigenvalue weighted by Crippen LogP contribution is -1.94. The molecule has 0 nitrogen and oxygen atoms in total. The van der Waals surface area contributed by atoms with Crippen molar-refractivity contribution in [2.75, 3.05) is 0 Å². The topological polar surface area (TPSA) is 0 Å². The van der Waals surface area contributed by atoms with Crippen LogP contribution >= 0.6 is 0 Å². The van der Waals surface area contributed by atoms with E-state index < -0.39 is 0 Å². The third kappa shape index (κ3) is 5.02. The van der Waals surface area contributed by atoms with Gasteiger partial charge in [-0.2, -0.15) is 0 Å². The number of hydrogen-bond donors (Lipinski definition) is 0. The molecule has 0 radical (unpaired) electrons. The first kappa shape index (κ1) is 32.7. The second-order valence-corrected chi connectivity index (χ2v) is 15.5. The molecule has 0 spiro atoms. The summed E-state index contributed by atoms with van der Waals surface area (Å²) in [6, 6.07) is 81.1. The Hall–Kier alpha value is -7.54. The highest BCUT2D eigenvalue weighted by atomic mass is 14.2. The molecular weight excluding hydrogens is 697 g/mol. The van der Waals surface area contributed by atoms with Crippen molar-refractivity contribution in [2.45, 2.75) is 0 Å². The van der Waals surface area contributed by atoms with E-state index in [1.54, 1.807) is 0 Å². The van der Waals surface area contributed by atoms with Crippen LogP contribution in [0.1, 0.15) is 0 Å². The highest BCUT2D eigenvalue weighted by Gasteiger charge is 2.21. The van der Waals surface area contributed by atoms with Gasteiger partial charge >= 0.3 is 0 Å². The van der Waals surface area contributed by atoms with Crippen molar-refractivity contribution in [3.63, 3.8) is 0 Å². The Morgan fingerprint density at radius 2 is 0.517 bits per heavy atom. The highest BCUT2D eigenvalue weighted by molar-refractivity contribution is 6.26. The third-order valence-corrected chi connectivity index (χ3v) is 12.4. The molecule has 0 heteroatoms. The lowest BCUT2D eigenvalue weighted by atomic mass is 9.82. The van der Waals surface area contributed by atoms with Crippen molar-refractivity contribution >= 4 is 75.4 Å². The minimum Gasteiger partial charge on any atom is -0.0616 e. The van der Waals surface area contributed by atoms with Crippen molar-refractivity contribution in [3.8, 4) is 44.5 Å². The summed E-state index contributed by atoms with van der Waals surface area (Å²) in [5.74, 6) is 0. The largest absolute Gasteiger partial charge is 0.0616 e. The van der Waals surface area contributed by atoms with Crippen LogP contribution in [-0.2, 0) is 0 Å². The van der Waals surface area contributed by atoms with Gasteiger partial charge in [-0.1, -0.05) is 200 Å². The molecule has 0 aliphatic rings. The summed E-state index contributed by atoms with van der Waals surface area (Å²) in [5.41, 5.74) is 10.0. The molecule has 0 bridgehead atoms. The monoisotopic (exact) mass is 732 g/mol.